The Morgan fingerprint density at radius 3 is 2.28 bits per heavy atom. The van der Waals surface area contributed by atoms with Gasteiger partial charge in [-0.1, -0.05) is 6.07 Å². The molecule has 1 aromatic heterocycles. The van der Waals surface area contributed by atoms with E-state index in [1.807, 2.05) is 33.8 Å². The van der Waals surface area contributed by atoms with Gasteiger partial charge in [-0.05, 0) is 39.2 Å². The molecule has 0 radical (unpaired) electrons. The second kappa shape index (κ2) is 5.67. The molecule has 2 aromatic rings. The molecule has 0 aliphatic carbocycles. The summed E-state index contributed by atoms with van der Waals surface area (Å²) in [6.07, 6.45) is -1.11. The van der Waals surface area contributed by atoms with Gasteiger partial charge in [0.2, 0.25) is 5.88 Å². The van der Waals surface area contributed by atoms with E-state index in [2.05, 4.69) is 0 Å². The molecule has 1 N–H and O–H groups in total. The molecule has 25 heavy (non-hydrogen) atoms. The van der Waals surface area contributed by atoms with Gasteiger partial charge in [0, 0.05) is 18.5 Å². The van der Waals surface area contributed by atoms with E-state index in [0.717, 1.165) is 10.4 Å². The number of carbonyl (C=O) groups is 1. The van der Waals surface area contributed by atoms with Gasteiger partial charge in [-0.15, -0.1) is 0 Å². The minimum atomic E-state index is -1.11. The smallest absolute Gasteiger partial charge is 0.493 e. The summed E-state index contributed by atoms with van der Waals surface area (Å²) >= 11 is 0. The number of rotatable bonds is 3. The largest absolute Gasteiger partial charge is 0.494 e. The Hall–Kier alpha value is -2.19. The molecule has 3 rings (SSSR count). The Balaban J connectivity index is 2.05. The van der Waals surface area contributed by atoms with Crippen molar-refractivity contribution in [3.8, 4) is 5.75 Å². The highest BCUT2D eigenvalue weighted by Gasteiger charge is 2.51. The van der Waals surface area contributed by atoms with E-state index >= 15 is 0 Å². The maximum atomic E-state index is 11.1. The normalized spacial score (nSPS) is 18.6. The Kier molecular flexibility index (Phi) is 4.00. The lowest BCUT2D eigenvalue weighted by Gasteiger charge is -2.32. The Morgan fingerprint density at radius 2 is 1.76 bits per heavy atom. The van der Waals surface area contributed by atoms with Crippen molar-refractivity contribution < 1.29 is 28.4 Å². The lowest BCUT2D eigenvalue weighted by atomic mass is 9.78. The molecular formula is C17H22BNO6. The van der Waals surface area contributed by atoms with Crippen molar-refractivity contribution in [2.75, 3.05) is 19.1 Å². The van der Waals surface area contributed by atoms with Crippen molar-refractivity contribution in [3.05, 3.63) is 18.2 Å². The van der Waals surface area contributed by atoms with Gasteiger partial charge >= 0.3 is 13.2 Å². The van der Waals surface area contributed by atoms with Crippen LogP contribution in [0, 0.1) is 0 Å². The highest BCUT2D eigenvalue weighted by molar-refractivity contribution is 6.62. The second-order valence-electron chi connectivity index (χ2n) is 7.16. The summed E-state index contributed by atoms with van der Waals surface area (Å²) in [7, 11) is 2.41. The number of hydrogen-bond acceptors (Lipinski definition) is 5. The first-order valence-corrected chi connectivity index (χ1v) is 7.99. The Bertz CT molecular complexity index is 812. The summed E-state index contributed by atoms with van der Waals surface area (Å²) < 4.78 is 23.2. The van der Waals surface area contributed by atoms with Gasteiger partial charge in [-0.2, -0.15) is 0 Å². The molecule has 1 aliphatic heterocycles. The highest BCUT2D eigenvalue weighted by atomic mass is 16.7. The molecule has 0 bridgehead atoms. The number of methoxy groups -OCH3 is 1. The standard InChI is InChI=1S/C17H22BNO6/c1-16(2)17(3,4)25-18(24-16)11-7-10-8-13(19(5)15(20)21)23-14(10)12(9-11)22-6/h7-9H,1-6H3,(H,20,21). The number of hydrogen-bond donors (Lipinski definition) is 1. The summed E-state index contributed by atoms with van der Waals surface area (Å²) in [5.41, 5.74) is 0.356. The average Bonchev–Trinajstić information content (AvgIpc) is 3.03. The minimum absolute atomic E-state index is 0.215. The summed E-state index contributed by atoms with van der Waals surface area (Å²) in [5, 5.41) is 9.84. The van der Waals surface area contributed by atoms with E-state index in [1.165, 1.54) is 14.2 Å². The molecule has 1 amide bonds. The van der Waals surface area contributed by atoms with Gasteiger partial charge in [0.15, 0.2) is 11.3 Å². The number of benzene rings is 1. The third-order valence-electron chi connectivity index (χ3n) is 4.95. The van der Waals surface area contributed by atoms with Crippen molar-refractivity contribution in [2.45, 2.75) is 38.9 Å². The zero-order chi connectivity index (χ0) is 18.6. The van der Waals surface area contributed by atoms with E-state index in [-0.39, 0.29) is 5.88 Å². The fourth-order valence-electron chi connectivity index (χ4n) is 2.66. The maximum Gasteiger partial charge on any atom is 0.494 e. The quantitative estimate of drug-likeness (QED) is 0.860. The van der Waals surface area contributed by atoms with Crippen molar-refractivity contribution in [2.24, 2.45) is 0 Å². The van der Waals surface area contributed by atoms with Gasteiger partial charge < -0.3 is 23.6 Å². The van der Waals surface area contributed by atoms with E-state index < -0.39 is 24.4 Å². The van der Waals surface area contributed by atoms with Crippen LogP contribution in [-0.4, -0.2) is 43.7 Å². The lowest BCUT2D eigenvalue weighted by Crippen LogP contribution is -2.41. The first kappa shape index (κ1) is 17.6. The molecule has 8 heteroatoms. The Labute approximate surface area is 146 Å². The molecule has 1 aromatic carbocycles. The predicted octanol–water partition coefficient (Wildman–Crippen LogP) is 2.85. The van der Waals surface area contributed by atoms with Crippen LogP contribution in [0.25, 0.3) is 11.0 Å². The number of amides is 1. The number of furan rings is 1. The van der Waals surface area contributed by atoms with Crippen molar-refractivity contribution >= 4 is 35.5 Å². The number of nitrogens with zero attached hydrogens (tertiary/aromatic N) is 1. The molecule has 2 heterocycles. The van der Waals surface area contributed by atoms with Gasteiger partial charge in [-0.25, -0.2) is 4.79 Å². The van der Waals surface area contributed by atoms with Gasteiger partial charge in [0.25, 0.3) is 0 Å². The monoisotopic (exact) mass is 347 g/mol. The summed E-state index contributed by atoms with van der Waals surface area (Å²) in [4.78, 5) is 12.2. The van der Waals surface area contributed by atoms with Crippen LogP contribution in [0.1, 0.15) is 27.7 Å². The van der Waals surface area contributed by atoms with Crippen LogP contribution in [0.3, 0.4) is 0 Å². The topological polar surface area (TPSA) is 81.4 Å². The number of anilines is 1. The van der Waals surface area contributed by atoms with E-state index in [0.29, 0.717) is 16.7 Å². The van der Waals surface area contributed by atoms with E-state index in [9.17, 15) is 4.79 Å². The molecular weight excluding hydrogens is 325 g/mol. The number of fused-ring (bicyclic) bond motifs is 1. The zero-order valence-corrected chi connectivity index (χ0v) is 15.2. The summed E-state index contributed by atoms with van der Waals surface area (Å²) in [6.45, 7) is 7.95. The van der Waals surface area contributed by atoms with Gasteiger partial charge in [-0.3, -0.25) is 4.90 Å². The predicted molar refractivity (Wildman–Crippen MR) is 94.9 cm³/mol. The molecule has 0 saturated carbocycles. The molecule has 0 atom stereocenters. The first-order chi connectivity index (χ1) is 11.6. The average molecular weight is 347 g/mol. The van der Waals surface area contributed by atoms with E-state index in [1.54, 1.807) is 12.1 Å². The van der Waals surface area contributed by atoms with Crippen LogP contribution in [0.15, 0.2) is 22.6 Å². The first-order valence-electron chi connectivity index (χ1n) is 7.99. The molecule has 0 unspecified atom stereocenters. The van der Waals surface area contributed by atoms with Gasteiger partial charge in [0.1, 0.15) is 0 Å². The summed E-state index contributed by atoms with van der Waals surface area (Å²) in [5.74, 6) is 0.708. The fraction of sp³-hybridized carbons (Fsp3) is 0.471. The molecule has 134 valence electrons. The zero-order valence-electron chi connectivity index (χ0n) is 15.2. The number of ether oxygens (including phenoxy) is 1. The third kappa shape index (κ3) is 2.85. The third-order valence-corrected chi connectivity index (χ3v) is 4.95. The second-order valence-corrected chi connectivity index (χ2v) is 7.16. The molecule has 1 fully saturated rings. The van der Waals surface area contributed by atoms with Crippen LogP contribution in [-0.2, 0) is 9.31 Å². The highest BCUT2D eigenvalue weighted by Crippen LogP contribution is 2.38. The SMILES string of the molecule is COc1cc(B2OC(C)(C)C(C)(C)O2)cc2cc(N(C)C(=O)O)oc12. The lowest BCUT2D eigenvalue weighted by molar-refractivity contribution is 0.00578. The van der Waals surface area contributed by atoms with Crippen molar-refractivity contribution in [3.63, 3.8) is 0 Å². The van der Waals surface area contributed by atoms with E-state index in [4.69, 9.17) is 23.6 Å². The minimum Gasteiger partial charge on any atom is -0.493 e. The molecule has 1 saturated heterocycles. The van der Waals surface area contributed by atoms with Crippen molar-refractivity contribution in [1.82, 2.24) is 0 Å². The fourth-order valence-corrected chi connectivity index (χ4v) is 2.66. The molecule has 0 spiro atoms. The van der Waals surface area contributed by atoms with Crippen LogP contribution in [0.4, 0.5) is 10.7 Å². The van der Waals surface area contributed by atoms with Crippen LogP contribution in [0.2, 0.25) is 0 Å². The van der Waals surface area contributed by atoms with Gasteiger partial charge in [0.05, 0.1) is 18.3 Å². The summed E-state index contributed by atoms with van der Waals surface area (Å²) in [6, 6.07) is 5.31. The van der Waals surface area contributed by atoms with Crippen LogP contribution < -0.4 is 15.1 Å². The maximum absolute atomic E-state index is 11.1. The number of carboxylic acid groups (broad SMARTS) is 1. The molecule has 1 aliphatic rings. The van der Waals surface area contributed by atoms with Crippen LogP contribution >= 0.6 is 0 Å². The van der Waals surface area contributed by atoms with Crippen LogP contribution in [0.5, 0.6) is 5.75 Å². The molecule has 7 nitrogen and oxygen atoms in total. The Morgan fingerprint density at radius 1 is 1.16 bits per heavy atom. The van der Waals surface area contributed by atoms with Crippen molar-refractivity contribution in [1.29, 1.82) is 0 Å².